The van der Waals surface area contributed by atoms with E-state index in [2.05, 4.69) is 4.90 Å². The molecule has 3 aliphatic rings. The average molecular weight is 268 g/mol. The van der Waals surface area contributed by atoms with Crippen LogP contribution in [0.25, 0.3) is 0 Å². The Kier molecular flexibility index (Phi) is 4.35. The highest BCUT2D eigenvalue weighted by atomic mass is 16.7. The van der Waals surface area contributed by atoms with Crippen LogP contribution < -0.4 is 0 Å². The van der Waals surface area contributed by atoms with Crippen LogP contribution in [0.5, 0.6) is 0 Å². The fraction of sp³-hybridized carbons (Fsp3) is 0.929. The molecule has 0 aromatic carbocycles. The van der Waals surface area contributed by atoms with Gasteiger partial charge in [0, 0.05) is 38.5 Å². The molecular weight excluding hydrogens is 244 g/mol. The first kappa shape index (κ1) is 13.3. The minimum absolute atomic E-state index is 0.0104. The number of rotatable bonds is 4. The molecule has 19 heavy (non-hydrogen) atoms. The first-order chi connectivity index (χ1) is 9.33. The minimum atomic E-state index is 0.0104. The van der Waals surface area contributed by atoms with Crippen LogP contribution in [0.1, 0.15) is 25.7 Å². The lowest BCUT2D eigenvalue weighted by Gasteiger charge is -2.35. The topological polar surface area (TPSA) is 42.0 Å². The Balaban J connectivity index is 1.44. The maximum Gasteiger partial charge on any atom is 0.222 e. The van der Waals surface area contributed by atoms with Gasteiger partial charge in [-0.3, -0.25) is 4.79 Å². The molecule has 0 saturated carbocycles. The number of carbonyl (C=O) groups excluding carboxylic acids is 1. The lowest BCUT2D eigenvalue weighted by molar-refractivity contribution is -0.128. The zero-order valence-corrected chi connectivity index (χ0v) is 11.6. The second-order valence-electron chi connectivity index (χ2n) is 5.80. The van der Waals surface area contributed by atoms with Gasteiger partial charge >= 0.3 is 0 Å². The van der Waals surface area contributed by atoms with E-state index in [9.17, 15) is 4.79 Å². The maximum absolute atomic E-state index is 11.6. The van der Waals surface area contributed by atoms with E-state index in [1.54, 1.807) is 0 Å². The molecule has 1 atom stereocenters. The zero-order chi connectivity index (χ0) is 13.1. The van der Waals surface area contributed by atoms with Gasteiger partial charge in [-0.25, -0.2) is 0 Å². The predicted octanol–water partition coefficient (Wildman–Crippen LogP) is 0.694. The largest absolute Gasteiger partial charge is 0.350 e. The highest BCUT2D eigenvalue weighted by Crippen LogP contribution is 2.24. The molecule has 3 saturated heterocycles. The number of carbonyl (C=O) groups is 1. The van der Waals surface area contributed by atoms with Crippen LogP contribution in [-0.4, -0.2) is 67.9 Å². The van der Waals surface area contributed by atoms with E-state index in [1.165, 1.54) is 12.8 Å². The van der Waals surface area contributed by atoms with Crippen LogP contribution in [0.15, 0.2) is 0 Å². The Hall–Kier alpha value is -0.650. The van der Waals surface area contributed by atoms with Crippen molar-refractivity contribution in [2.45, 2.75) is 32.0 Å². The van der Waals surface area contributed by atoms with E-state index in [0.717, 1.165) is 58.8 Å². The van der Waals surface area contributed by atoms with Gasteiger partial charge in [-0.05, 0) is 25.8 Å². The van der Waals surface area contributed by atoms with Crippen LogP contribution in [0.2, 0.25) is 0 Å². The van der Waals surface area contributed by atoms with Gasteiger partial charge in [0.15, 0.2) is 6.29 Å². The number of amides is 1. The summed E-state index contributed by atoms with van der Waals surface area (Å²) >= 11 is 0. The molecule has 3 aliphatic heterocycles. The summed E-state index contributed by atoms with van der Waals surface area (Å²) in [5.74, 6) is 0.835. The quantitative estimate of drug-likeness (QED) is 0.752. The molecular formula is C14H24N2O3. The molecule has 0 radical (unpaired) electrons. The second kappa shape index (κ2) is 6.20. The Bertz CT molecular complexity index is 318. The summed E-state index contributed by atoms with van der Waals surface area (Å²) in [5, 5.41) is 0. The van der Waals surface area contributed by atoms with Crippen LogP contribution in [0.4, 0.5) is 0 Å². The van der Waals surface area contributed by atoms with E-state index < -0.39 is 0 Å². The maximum atomic E-state index is 11.6. The number of hydrogen-bond acceptors (Lipinski definition) is 4. The van der Waals surface area contributed by atoms with Crippen molar-refractivity contribution in [3.05, 3.63) is 0 Å². The van der Waals surface area contributed by atoms with Gasteiger partial charge in [-0.2, -0.15) is 0 Å². The van der Waals surface area contributed by atoms with Gasteiger partial charge in [0.25, 0.3) is 0 Å². The summed E-state index contributed by atoms with van der Waals surface area (Å²) < 4.78 is 11.2. The molecule has 5 nitrogen and oxygen atoms in total. The van der Waals surface area contributed by atoms with Gasteiger partial charge in [-0.1, -0.05) is 0 Å². The predicted molar refractivity (Wildman–Crippen MR) is 70.7 cm³/mol. The molecule has 108 valence electrons. The molecule has 3 fully saturated rings. The van der Waals surface area contributed by atoms with Crippen molar-refractivity contribution in [3.63, 3.8) is 0 Å². The van der Waals surface area contributed by atoms with E-state index >= 15 is 0 Å². The number of hydrogen-bond donors (Lipinski definition) is 0. The third kappa shape index (κ3) is 3.27. The second-order valence-corrected chi connectivity index (χ2v) is 5.80. The fourth-order valence-electron chi connectivity index (χ4n) is 3.37. The number of ether oxygens (including phenoxy) is 2. The number of piperidine rings is 1. The smallest absolute Gasteiger partial charge is 0.222 e. The monoisotopic (exact) mass is 268 g/mol. The Morgan fingerprint density at radius 2 is 1.95 bits per heavy atom. The van der Waals surface area contributed by atoms with Crippen molar-refractivity contribution in [2.75, 3.05) is 45.9 Å². The van der Waals surface area contributed by atoms with Crippen molar-refractivity contribution < 1.29 is 14.3 Å². The molecule has 0 bridgehead atoms. The van der Waals surface area contributed by atoms with Gasteiger partial charge in [-0.15, -0.1) is 0 Å². The molecule has 0 spiro atoms. The molecule has 1 unspecified atom stereocenters. The number of likely N-dealkylation sites (tertiary alicyclic amines) is 2. The SMILES string of the molecule is O=C1CCCN1CCN1CCCC(C2OCCO2)C1. The van der Waals surface area contributed by atoms with Gasteiger partial charge < -0.3 is 19.3 Å². The van der Waals surface area contributed by atoms with Gasteiger partial charge in [0.05, 0.1) is 13.2 Å². The van der Waals surface area contributed by atoms with Crippen molar-refractivity contribution in [3.8, 4) is 0 Å². The first-order valence-corrected chi connectivity index (χ1v) is 7.56. The Morgan fingerprint density at radius 3 is 2.68 bits per heavy atom. The molecule has 0 N–H and O–H groups in total. The highest BCUT2D eigenvalue weighted by Gasteiger charge is 2.31. The van der Waals surface area contributed by atoms with Crippen molar-refractivity contribution in [1.82, 2.24) is 9.80 Å². The van der Waals surface area contributed by atoms with Crippen LogP contribution >= 0.6 is 0 Å². The molecule has 0 aliphatic carbocycles. The van der Waals surface area contributed by atoms with Gasteiger partial charge in [0.1, 0.15) is 0 Å². The Morgan fingerprint density at radius 1 is 1.11 bits per heavy atom. The van der Waals surface area contributed by atoms with E-state index in [1.807, 2.05) is 4.90 Å². The molecule has 0 aromatic heterocycles. The summed E-state index contributed by atoms with van der Waals surface area (Å²) in [7, 11) is 0. The molecule has 1 amide bonds. The van der Waals surface area contributed by atoms with Crippen molar-refractivity contribution >= 4 is 5.91 Å². The normalized spacial score (nSPS) is 30.4. The summed E-state index contributed by atoms with van der Waals surface area (Å²) in [6, 6.07) is 0. The number of nitrogens with zero attached hydrogens (tertiary/aromatic N) is 2. The Labute approximate surface area is 114 Å². The molecule has 0 aromatic rings. The summed E-state index contributed by atoms with van der Waals surface area (Å²) in [4.78, 5) is 16.1. The van der Waals surface area contributed by atoms with Crippen LogP contribution in [-0.2, 0) is 14.3 Å². The van der Waals surface area contributed by atoms with Crippen molar-refractivity contribution in [2.24, 2.45) is 5.92 Å². The third-order valence-corrected chi connectivity index (χ3v) is 4.43. The fourth-order valence-corrected chi connectivity index (χ4v) is 3.37. The third-order valence-electron chi connectivity index (χ3n) is 4.43. The lowest BCUT2D eigenvalue weighted by atomic mass is 9.97. The highest BCUT2D eigenvalue weighted by molar-refractivity contribution is 5.78. The molecule has 5 heteroatoms. The molecule has 3 heterocycles. The lowest BCUT2D eigenvalue weighted by Crippen LogP contribution is -2.44. The molecule has 3 rings (SSSR count). The standard InChI is InChI=1S/C14H24N2O3/c17-13-4-2-6-16(13)8-7-15-5-1-3-12(11-15)14-18-9-10-19-14/h12,14H,1-11H2. The van der Waals surface area contributed by atoms with Gasteiger partial charge in [0.2, 0.25) is 5.91 Å². The van der Waals surface area contributed by atoms with E-state index in [0.29, 0.717) is 11.8 Å². The minimum Gasteiger partial charge on any atom is -0.350 e. The summed E-state index contributed by atoms with van der Waals surface area (Å²) in [6.07, 6.45) is 4.19. The van der Waals surface area contributed by atoms with Crippen LogP contribution in [0.3, 0.4) is 0 Å². The van der Waals surface area contributed by atoms with E-state index in [4.69, 9.17) is 9.47 Å². The van der Waals surface area contributed by atoms with Crippen molar-refractivity contribution in [1.29, 1.82) is 0 Å². The zero-order valence-electron chi connectivity index (χ0n) is 11.6. The summed E-state index contributed by atoms with van der Waals surface area (Å²) in [5.41, 5.74) is 0. The van der Waals surface area contributed by atoms with E-state index in [-0.39, 0.29) is 6.29 Å². The average Bonchev–Trinajstić information content (AvgIpc) is 3.08. The first-order valence-electron chi connectivity index (χ1n) is 7.56. The summed E-state index contributed by atoms with van der Waals surface area (Å²) in [6.45, 7) is 6.50. The van der Waals surface area contributed by atoms with Crippen LogP contribution in [0, 0.1) is 5.92 Å².